The van der Waals surface area contributed by atoms with Crippen molar-refractivity contribution in [1.29, 1.82) is 0 Å². The highest BCUT2D eigenvalue weighted by Gasteiger charge is 2.34. The quantitative estimate of drug-likeness (QED) is 0.842. The van der Waals surface area contributed by atoms with Crippen LogP contribution >= 0.6 is 0 Å². The van der Waals surface area contributed by atoms with Crippen LogP contribution in [0.5, 0.6) is 17.2 Å². The molecule has 0 unspecified atom stereocenters. The number of rotatable bonds is 3. The predicted octanol–water partition coefficient (Wildman–Crippen LogP) is 0.265. The van der Waals surface area contributed by atoms with Crippen molar-refractivity contribution in [2.75, 3.05) is 6.61 Å². The number of hydrogen-bond acceptors (Lipinski definition) is 6. The van der Waals surface area contributed by atoms with Gasteiger partial charge in [-0.3, -0.25) is 4.79 Å². The van der Waals surface area contributed by atoms with Crippen molar-refractivity contribution in [1.82, 2.24) is 0 Å². The zero-order valence-electron chi connectivity index (χ0n) is 10.6. The molecule has 1 heterocycles. The third-order valence-corrected chi connectivity index (χ3v) is 2.66. The summed E-state index contributed by atoms with van der Waals surface area (Å²) in [6, 6.07) is 2.57. The van der Waals surface area contributed by atoms with Crippen molar-refractivity contribution in [3.63, 3.8) is 0 Å². The highest BCUT2D eigenvalue weighted by Crippen LogP contribution is 2.40. The number of carboxylic acid groups (broad SMARTS) is 1. The number of phenols is 1. The van der Waals surface area contributed by atoms with Gasteiger partial charge in [0.1, 0.15) is 35.0 Å². The van der Waals surface area contributed by atoms with Crippen LogP contribution in [0.3, 0.4) is 0 Å². The number of benzene rings is 1. The molecule has 2 rings (SSSR count). The van der Waals surface area contributed by atoms with Gasteiger partial charge in [-0.05, 0) is 13.8 Å². The Balaban J connectivity index is 2.37. The summed E-state index contributed by atoms with van der Waals surface area (Å²) in [6.07, 6.45) is 0.160. The summed E-state index contributed by atoms with van der Waals surface area (Å²) in [4.78, 5) is 22.2. The first-order valence-corrected chi connectivity index (χ1v) is 5.70. The standard InChI is InChI=1S/C13H14O6/c1-13(2)5-9(15)12-8(14)3-7(4-10(12)19-13)18-6-11(16)17/h3-4,14H,5-6H2,1-2H3,(H,16,17)/p-1. The Morgan fingerprint density at radius 3 is 2.84 bits per heavy atom. The van der Waals surface area contributed by atoms with Crippen LogP contribution in [0.15, 0.2) is 12.1 Å². The second-order valence-electron chi connectivity index (χ2n) is 4.94. The Morgan fingerprint density at radius 1 is 1.53 bits per heavy atom. The Kier molecular flexibility index (Phi) is 3.09. The lowest BCUT2D eigenvalue weighted by Crippen LogP contribution is -2.36. The van der Waals surface area contributed by atoms with Gasteiger partial charge < -0.3 is 24.5 Å². The van der Waals surface area contributed by atoms with Crippen LogP contribution in [-0.2, 0) is 4.79 Å². The summed E-state index contributed by atoms with van der Waals surface area (Å²) in [5, 5.41) is 20.1. The highest BCUT2D eigenvalue weighted by atomic mass is 16.5. The zero-order valence-corrected chi connectivity index (χ0v) is 10.6. The molecule has 0 fully saturated rings. The molecule has 0 atom stereocenters. The number of Topliss-reactive ketones (excluding diaryl/α,β-unsaturated/α-hetero) is 1. The topological polar surface area (TPSA) is 95.9 Å². The molecule has 1 aromatic rings. The molecule has 0 aromatic heterocycles. The van der Waals surface area contributed by atoms with E-state index in [9.17, 15) is 19.8 Å². The van der Waals surface area contributed by atoms with Crippen molar-refractivity contribution in [2.24, 2.45) is 0 Å². The Labute approximate surface area is 109 Å². The first kappa shape index (κ1) is 13.2. The third-order valence-electron chi connectivity index (χ3n) is 2.66. The molecule has 102 valence electrons. The average molecular weight is 265 g/mol. The first-order chi connectivity index (χ1) is 8.78. The summed E-state index contributed by atoms with van der Waals surface area (Å²) in [7, 11) is 0. The molecule has 0 amide bonds. The van der Waals surface area contributed by atoms with E-state index in [0.717, 1.165) is 0 Å². The summed E-state index contributed by atoms with van der Waals surface area (Å²) in [5.74, 6) is -1.60. The predicted molar refractivity (Wildman–Crippen MR) is 62.3 cm³/mol. The monoisotopic (exact) mass is 265 g/mol. The Morgan fingerprint density at radius 2 is 2.21 bits per heavy atom. The van der Waals surface area contributed by atoms with Gasteiger partial charge in [-0.25, -0.2) is 0 Å². The van der Waals surface area contributed by atoms with Gasteiger partial charge in [-0.2, -0.15) is 0 Å². The van der Waals surface area contributed by atoms with E-state index >= 15 is 0 Å². The number of phenolic OH excluding ortho intramolecular Hbond substituents is 1. The summed E-state index contributed by atoms with van der Waals surface area (Å²) in [6.45, 7) is 2.86. The number of carbonyl (C=O) groups excluding carboxylic acids is 2. The Hall–Kier alpha value is -2.24. The van der Waals surface area contributed by atoms with Crippen LogP contribution in [-0.4, -0.2) is 29.1 Å². The van der Waals surface area contributed by atoms with Crippen molar-refractivity contribution in [3.05, 3.63) is 17.7 Å². The number of fused-ring (bicyclic) bond motifs is 1. The van der Waals surface area contributed by atoms with Crippen molar-refractivity contribution < 1.29 is 29.3 Å². The lowest BCUT2D eigenvalue weighted by Gasteiger charge is -2.32. The SMILES string of the molecule is CC1(C)CC(=O)c2c(O)cc(OCC(=O)[O-])cc2O1. The maximum absolute atomic E-state index is 11.9. The molecule has 1 aliphatic rings. The molecule has 0 saturated heterocycles. The van der Waals surface area contributed by atoms with Gasteiger partial charge in [0, 0.05) is 12.1 Å². The van der Waals surface area contributed by atoms with Crippen LogP contribution in [0.4, 0.5) is 0 Å². The Bertz CT molecular complexity index is 546. The first-order valence-electron chi connectivity index (χ1n) is 5.70. The van der Waals surface area contributed by atoms with Crippen molar-refractivity contribution in [2.45, 2.75) is 25.9 Å². The number of ketones is 1. The molecule has 1 aromatic carbocycles. The lowest BCUT2D eigenvalue weighted by molar-refractivity contribution is -0.307. The molecule has 0 bridgehead atoms. The molecule has 0 saturated carbocycles. The lowest BCUT2D eigenvalue weighted by atomic mass is 9.92. The van der Waals surface area contributed by atoms with Crippen molar-refractivity contribution in [3.8, 4) is 17.2 Å². The van der Waals surface area contributed by atoms with Gasteiger partial charge in [0.15, 0.2) is 5.78 Å². The minimum atomic E-state index is -1.38. The normalized spacial score (nSPS) is 16.4. The van der Waals surface area contributed by atoms with Gasteiger partial charge in [0.05, 0.1) is 12.4 Å². The molecule has 1 aliphatic heterocycles. The van der Waals surface area contributed by atoms with Crippen molar-refractivity contribution >= 4 is 11.8 Å². The van der Waals surface area contributed by atoms with Crippen LogP contribution in [0.2, 0.25) is 0 Å². The van der Waals surface area contributed by atoms with E-state index in [1.165, 1.54) is 12.1 Å². The molecule has 0 spiro atoms. The molecule has 19 heavy (non-hydrogen) atoms. The summed E-state index contributed by atoms with van der Waals surface area (Å²) in [5.41, 5.74) is -0.580. The molecule has 6 nitrogen and oxygen atoms in total. The van der Waals surface area contributed by atoms with E-state index in [1.54, 1.807) is 13.8 Å². The minimum absolute atomic E-state index is 0.0973. The van der Waals surface area contributed by atoms with Crippen LogP contribution in [0.1, 0.15) is 30.6 Å². The fourth-order valence-electron chi connectivity index (χ4n) is 1.97. The number of hydrogen-bond donors (Lipinski definition) is 1. The van der Waals surface area contributed by atoms with E-state index < -0.39 is 18.2 Å². The van der Waals surface area contributed by atoms with Gasteiger partial charge in [0.25, 0.3) is 0 Å². The van der Waals surface area contributed by atoms with Crippen LogP contribution < -0.4 is 14.6 Å². The zero-order chi connectivity index (χ0) is 14.2. The smallest absolute Gasteiger partial charge is 0.174 e. The molecule has 1 N–H and O–H groups in total. The second-order valence-corrected chi connectivity index (χ2v) is 4.94. The third kappa shape index (κ3) is 2.78. The molecular weight excluding hydrogens is 252 g/mol. The van der Waals surface area contributed by atoms with Crippen LogP contribution in [0, 0.1) is 0 Å². The van der Waals surface area contributed by atoms with Gasteiger partial charge in [-0.1, -0.05) is 0 Å². The number of aliphatic carboxylic acids is 1. The molecule has 0 radical (unpaired) electrons. The van der Waals surface area contributed by atoms with Crippen LogP contribution in [0.25, 0.3) is 0 Å². The average Bonchev–Trinajstić information content (AvgIpc) is 2.23. The fraction of sp³-hybridized carbons (Fsp3) is 0.385. The van der Waals surface area contributed by atoms with E-state index in [1.807, 2.05) is 0 Å². The maximum atomic E-state index is 11.9. The van der Waals surface area contributed by atoms with E-state index in [4.69, 9.17) is 9.47 Å². The molecule has 0 aliphatic carbocycles. The largest absolute Gasteiger partial charge is 0.546 e. The molecule has 6 heteroatoms. The van der Waals surface area contributed by atoms with E-state index in [2.05, 4.69) is 0 Å². The molecular formula is C13H13O6-. The van der Waals surface area contributed by atoms with Gasteiger partial charge in [-0.15, -0.1) is 0 Å². The highest BCUT2D eigenvalue weighted by molar-refractivity contribution is 6.03. The fourth-order valence-corrected chi connectivity index (χ4v) is 1.97. The second kappa shape index (κ2) is 4.46. The van der Waals surface area contributed by atoms with E-state index in [0.29, 0.717) is 0 Å². The van der Waals surface area contributed by atoms with Gasteiger partial charge in [0.2, 0.25) is 0 Å². The maximum Gasteiger partial charge on any atom is 0.174 e. The number of aromatic hydroxyl groups is 1. The van der Waals surface area contributed by atoms with Gasteiger partial charge >= 0.3 is 0 Å². The summed E-state index contributed by atoms with van der Waals surface area (Å²) < 4.78 is 10.5. The number of ether oxygens (including phenoxy) is 2. The summed E-state index contributed by atoms with van der Waals surface area (Å²) >= 11 is 0. The number of carboxylic acids is 1. The minimum Gasteiger partial charge on any atom is -0.546 e. The number of carbonyl (C=O) groups is 2. The van der Waals surface area contributed by atoms with E-state index in [-0.39, 0.29) is 35.0 Å².